The van der Waals surface area contributed by atoms with Crippen molar-refractivity contribution >= 4 is 5.82 Å². The van der Waals surface area contributed by atoms with Crippen LogP contribution in [0.1, 0.15) is 24.2 Å². The number of aliphatic hydroxyl groups excluding tert-OH is 1. The minimum absolute atomic E-state index is 0.442. The molecule has 1 rings (SSSR count). The third-order valence-electron chi connectivity index (χ3n) is 1.82. The Labute approximate surface area is 72.5 Å². The van der Waals surface area contributed by atoms with Crippen molar-refractivity contribution in [3.63, 3.8) is 0 Å². The molecule has 0 amide bonds. The first kappa shape index (κ1) is 9.00. The second kappa shape index (κ2) is 3.54. The van der Waals surface area contributed by atoms with Gasteiger partial charge < -0.3 is 10.4 Å². The van der Waals surface area contributed by atoms with Gasteiger partial charge in [0.15, 0.2) is 0 Å². The fourth-order valence-electron chi connectivity index (χ4n) is 1.09. The van der Waals surface area contributed by atoms with Crippen molar-refractivity contribution in [2.24, 2.45) is 0 Å². The molecule has 0 bridgehead atoms. The molecule has 0 aromatic carbocycles. The highest BCUT2D eigenvalue weighted by Crippen LogP contribution is 2.16. The molecule has 0 aliphatic rings. The van der Waals surface area contributed by atoms with Gasteiger partial charge >= 0.3 is 0 Å². The summed E-state index contributed by atoms with van der Waals surface area (Å²) in [4.78, 5) is 4.15. The van der Waals surface area contributed by atoms with Gasteiger partial charge in [-0.05, 0) is 31.0 Å². The predicted octanol–water partition coefficient (Wildman–Crippen LogP) is 1.49. The zero-order valence-corrected chi connectivity index (χ0v) is 7.63. The third-order valence-corrected chi connectivity index (χ3v) is 1.82. The van der Waals surface area contributed by atoms with Crippen LogP contribution in [0.15, 0.2) is 12.3 Å². The Morgan fingerprint density at radius 1 is 1.58 bits per heavy atom. The Kier molecular flexibility index (Phi) is 2.65. The van der Waals surface area contributed by atoms with Gasteiger partial charge in [-0.15, -0.1) is 0 Å². The number of pyridine rings is 1. The number of nitrogens with one attached hydrogen (secondary N) is 1. The second-order valence-corrected chi connectivity index (χ2v) is 2.86. The van der Waals surface area contributed by atoms with E-state index in [1.54, 1.807) is 13.1 Å². The lowest BCUT2D eigenvalue weighted by atomic mass is 10.1. The van der Waals surface area contributed by atoms with E-state index in [2.05, 4.69) is 10.3 Å². The molecule has 0 saturated heterocycles. The van der Waals surface area contributed by atoms with Gasteiger partial charge in [0.05, 0.1) is 6.10 Å². The first-order valence-electron chi connectivity index (χ1n) is 3.97. The maximum Gasteiger partial charge on any atom is 0.128 e. The molecule has 1 unspecified atom stereocenters. The number of hydrogen-bond donors (Lipinski definition) is 2. The molecule has 2 N–H and O–H groups in total. The normalized spacial score (nSPS) is 12.7. The van der Waals surface area contributed by atoms with E-state index >= 15 is 0 Å². The summed E-state index contributed by atoms with van der Waals surface area (Å²) < 4.78 is 0. The summed E-state index contributed by atoms with van der Waals surface area (Å²) >= 11 is 0. The highest BCUT2D eigenvalue weighted by molar-refractivity contribution is 5.44. The lowest BCUT2D eigenvalue weighted by Gasteiger charge is -2.08. The van der Waals surface area contributed by atoms with E-state index in [-0.39, 0.29) is 0 Å². The largest absolute Gasteiger partial charge is 0.389 e. The van der Waals surface area contributed by atoms with E-state index in [0.29, 0.717) is 0 Å². The zero-order valence-electron chi connectivity index (χ0n) is 7.63. The van der Waals surface area contributed by atoms with E-state index < -0.39 is 6.10 Å². The standard InChI is InChI=1S/C9H14N2O/c1-6-4-8(7(2)12)5-11-9(6)10-3/h4-5,7,12H,1-3H3,(H,10,11). The SMILES string of the molecule is CNc1ncc(C(C)O)cc1C. The quantitative estimate of drug-likeness (QED) is 0.699. The molecule has 1 aromatic rings. The van der Waals surface area contributed by atoms with Crippen molar-refractivity contribution in [2.45, 2.75) is 20.0 Å². The topological polar surface area (TPSA) is 45.2 Å². The molecule has 0 fully saturated rings. The first-order chi connectivity index (χ1) is 5.65. The van der Waals surface area contributed by atoms with E-state index in [4.69, 9.17) is 0 Å². The van der Waals surface area contributed by atoms with Crippen LogP contribution < -0.4 is 5.32 Å². The van der Waals surface area contributed by atoms with Crippen LogP contribution in [0.4, 0.5) is 5.82 Å². The summed E-state index contributed by atoms with van der Waals surface area (Å²) in [5.74, 6) is 0.861. The highest BCUT2D eigenvalue weighted by atomic mass is 16.3. The van der Waals surface area contributed by atoms with Crippen LogP contribution in [0.25, 0.3) is 0 Å². The number of aliphatic hydroxyl groups is 1. The summed E-state index contributed by atoms with van der Waals surface area (Å²) in [6.07, 6.45) is 1.24. The fraction of sp³-hybridized carbons (Fsp3) is 0.444. The van der Waals surface area contributed by atoms with Crippen LogP contribution in [0.3, 0.4) is 0 Å². The lowest BCUT2D eigenvalue weighted by Crippen LogP contribution is -1.99. The van der Waals surface area contributed by atoms with Crippen LogP contribution in [-0.2, 0) is 0 Å². The Bertz CT molecular complexity index is 271. The number of aryl methyl sites for hydroxylation is 1. The van der Waals surface area contributed by atoms with Crippen molar-refractivity contribution in [2.75, 3.05) is 12.4 Å². The van der Waals surface area contributed by atoms with Crippen molar-refractivity contribution in [3.8, 4) is 0 Å². The average molecular weight is 166 g/mol. The maximum atomic E-state index is 9.25. The van der Waals surface area contributed by atoms with Crippen LogP contribution in [0.2, 0.25) is 0 Å². The van der Waals surface area contributed by atoms with E-state index in [0.717, 1.165) is 16.9 Å². The maximum absolute atomic E-state index is 9.25. The molecule has 1 atom stereocenters. The number of anilines is 1. The first-order valence-corrected chi connectivity index (χ1v) is 3.97. The van der Waals surface area contributed by atoms with Gasteiger partial charge in [0, 0.05) is 13.2 Å². The average Bonchev–Trinajstić information content (AvgIpc) is 2.04. The Morgan fingerprint density at radius 2 is 2.25 bits per heavy atom. The number of aromatic nitrogens is 1. The van der Waals surface area contributed by atoms with Gasteiger partial charge in [-0.25, -0.2) is 4.98 Å². The van der Waals surface area contributed by atoms with Crippen molar-refractivity contribution in [1.82, 2.24) is 4.98 Å². The van der Waals surface area contributed by atoms with E-state index in [9.17, 15) is 5.11 Å². The molecule has 0 aliphatic heterocycles. The van der Waals surface area contributed by atoms with E-state index in [1.807, 2.05) is 20.0 Å². The molecule has 1 aromatic heterocycles. The van der Waals surface area contributed by atoms with Gasteiger partial charge in [-0.1, -0.05) is 0 Å². The molecule has 3 nitrogen and oxygen atoms in total. The van der Waals surface area contributed by atoms with Gasteiger partial charge in [0.1, 0.15) is 5.82 Å². The molecule has 0 radical (unpaired) electrons. The van der Waals surface area contributed by atoms with Crippen molar-refractivity contribution in [1.29, 1.82) is 0 Å². The molecule has 66 valence electrons. The molecular weight excluding hydrogens is 152 g/mol. The minimum atomic E-state index is -0.442. The van der Waals surface area contributed by atoms with Crippen LogP contribution in [0.5, 0.6) is 0 Å². The monoisotopic (exact) mass is 166 g/mol. The van der Waals surface area contributed by atoms with Gasteiger partial charge in [-0.2, -0.15) is 0 Å². The van der Waals surface area contributed by atoms with Crippen molar-refractivity contribution < 1.29 is 5.11 Å². The molecule has 0 aliphatic carbocycles. The molecule has 12 heavy (non-hydrogen) atoms. The van der Waals surface area contributed by atoms with Gasteiger partial charge in [0.2, 0.25) is 0 Å². The summed E-state index contributed by atoms with van der Waals surface area (Å²) in [5.41, 5.74) is 1.91. The van der Waals surface area contributed by atoms with Crippen molar-refractivity contribution in [3.05, 3.63) is 23.4 Å². The Balaban J connectivity index is 3.02. The molecule has 3 heteroatoms. The lowest BCUT2D eigenvalue weighted by molar-refractivity contribution is 0.199. The summed E-state index contributed by atoms with van der Waals surface area (Å²) in [6.45, 7) is 3.69. The second-order valence-electron chi connectivity index (χ2n) is 2.86. The molecular formula is C9H14N2O. The summed E-state index contributed by atoms with van der Waals surface area (Å²) in [5, 5.41) is 12.2. The number of nitrogens with zero attached hydrogens (tertiary/aromatic N) is 1. The van der Waals surface area contributed by atoms with E-state index in [1.165, 1.54) is 0 Å². The summed E-state index contributed by atoms with van der Waals surface area (Å²) in [7, 11) is 1.83. The molecule has 0 spiro atoms. The Morgan fingerprint density at radius 3 is 2.67 bits per heavy atom. The highest BCUT2D eigenvalue weighted by Gasteiger charge is 2.03. The number of rotatable bonds is 2. The summed E-state index contributed by atoms with van der Waals surface area (Å²) in [6, 6.07) is 1.93. The molecule has 1 heterocycles. The number of hydrogen-bond acceptors (Lipinski definition) is 3. The smallest absolute Gasteiger partial charge is 0.128 e. The van der Waals surface area contributed by atoms with Gasteiger partial charge in [0.25, 0.3) is 0 Å². The third kappa shape index (κ3) is 1.74. The van der Waals surface area contributed by atoms with Crippen LogP contribution in [-0.4, -0.2) is 17.1 Å². The minimum Gasteiger partial charge on any atom is -0.389 e. The van der Waals surface area contributed by atoms with Crippen LogP contribution in [0, 0.1) is 6.92 Å². The Hall–Kier alpha value is -1.09. The van der Waals surface area contributed by atoms with Gasteiger partial charge in [-0.3, -0.25) is 0 Å². The van der Waals surface area contributed by atoms with Crippen LogP contribution >= 0.6 is 0 Å². The zero-order chi connectivity index (χ0) is 9.14. The fourth-order valence-corrected chi connectivity index (χ4v) is 1.09. The molecule has 0 saturated carbocycles. The predicted molar refractivity (Wildman–Crippen MR) is 49.2 cm³/mol.